The molecule has 642 valence electrons. The van der Waals surface area contributed by atoms with Gasteiger partial charge in [-0.05, 0) is 126 Å². The van der Waals surface area contributed by atoms with Crippen molar-refractivity contribution < 1.29 is 103 Å². The molecule has 0 aliphatic carbocycles. The molecule has 2 N–H and O–H groups in total. The van der Waals surface area contributed by atoms with Crippen molar-refractivity contribution in [3.05, 3.63) is 148 Å². The van der Waals surface area contributed by atoms with Crippen molar-refractivity contribution in [2.75, 3.05) is 98.5 Å². The van der Waals surface area contributed by atoms with Crippen LogP contribution in [-0.2, 0) is 101 Å². The summed E-state index contributed by atoms with van der Waals surface area (Å²) in [7, 11) is 7.66. The van der Waals surface area contributed by atoms with Crippen molar-refractivity contribution in [1.29, 1.82) is 10.5 Å². The van der Waals surface area contributed by atoms with Gasteiger partial charge in [-0.1, -0.05) is 76.2 Å². The standard InChI is InChI=1S/C86H114N10O18.2CN.Co/c1-19-94(20-2)54-27-29-58-63(43-54)114-64-44-55(95(21-3)22-4)28-30-59(64)74(58)56-25-23-24-26-57(56)80(104)113-42-41-112-40-39-96-50-53(92-93-96)49-87-67(97)47-84(11)78-52(6)76-61(32-34-69(99)107-14)83(10,48-73(103)111-18)85(12,91-76)79-62(45-72(102)110-17)82(9,37-35-70(100)108-15)77(90-79)51(5)75-60(31-33-68(98)106-13)81(7,8)65(88-75)46-66(89-78)86(84,105)38-36-71(101)109-16;2*1-2;/h23-30,43-44,46,50,60-62,74,79,105H,19-22,31-42,45,47-49H2,1-18H3,(H2,87,88,89,90,91,97);;;/q;2*-1;+3/p-1/t60-,61-,62+,79?,82-,83+,84-,85+,86+;;;/m1.../s1. The Kier molecular flexibility index (Phi) is 32.8. The number of fused-ring (bicyclic) bond motifs is 8. The summed E-state index contributed by atoms with van der Waals surface area (Å²) in [6, 6.07) is 19.0. The van der Waals surface area contributed by atoms with Crippen LogP contribution in [0.15, 0.2) is 116 Å². The van der Waals surface area contributed by atoms with Crippen molar-refractivity contribution in [1.82, 2.24) is 20.3 Å². The topological polar surface area (TPSA) is 388 Å². The van der Waals surface area contributed by atoms with Gasteiger partial charge in [-0.25, -0.2) is 9.48 Å². The predicted octanol–water partition coefficient (Wildman–Crippen LogP) is 12.2. The Balaban J connectivity index is 0.00000385. The fraction of sp³-hybridized carbons (Fsp3) is 0.557. The monoisotopic (exact) mass is 1680 g/mol. The number of aliphatic imine (C=N–C) groups is 3. The van der Waals surface area contributed by atoms with E-state index in [0.29, 0.717) is 45.2 Å². The van der Waals surface area contributed by atoms with E-state index in [-0.39, 0.29) is 131 Å². The number of rotatable bonds is 34. The van der Waals surface area contributed by atoms with E-state index >= 15 is 4.79 Å². The molecule has 1 aromatic heterocycles. The third kappa shape index (κ3) is 19.3. The quantitative estimate of drug-likeness (QED) is 0.0167. The molecule has 3 aromatic carbocycles. The number of anilines is 2. The second-order valence-electron chi connectivity index (χ2n) is 31.7. The Hall–Kier alpha value is -10.6. The minimum atomic E-state index is -2.20. The van der Waals surface area contributed by atoms with Gasteiger partial charge in [0.2, 0.25) is 5.91 Å². The van der Waals surface area contributed by atoms with Crippen LogP contribution in [0.2, 0.25) is 0 Å². The minimum absolute atomic E-state index is 0. The molecule has 0 radical (unpaired) electrons. The average Bonchev–Trinajstić information content (AvgIpc) is 1.52. The Morgan fingerprint density at radius 2 is 1.18 bits per heavy atom. The predicted molar refractivity (Wildman–Crippen MR) is 438 cm³/mol. The van der Waals surface area contributed by atoms with Crippen LogP contribution in [0.3, 0.4) is 0 Å². The van der Waals surface area contributed by atoms with Crippen LogP contribution in [-0.4, -0.2) is 191 Å². The number of aromatic nitrogens is 3. The van der Waals surface area contributed by atoms with Gasteiger partial charge in [0.1, 0.15) is 29.4 Å². The first-order chi connectivity index (χ1) is 56.3. The largest absolute Gasteiger partial charge is 3.00 e. The van der Waals surface area contributed by atoms with E-state index in [1.807, 2.05) is 59.7 Å². The first kappa shape index (κ1) is 95.5. The molecule has 1 unspecified atom stereocenters. The smallest absolute Gasteiger partial charge is 0.682 e. The molecule has 119 heavy (non-hydrogen) atoms. The average molecular weight is 1690 g/mol. The summed E-state index contributed by atoms with van der Waals surface area (Å²) >= 11 is 0. The Labute approximate surface area is 708 Å². The molecule has 31 heteroatoms. The van der Waals surface area contributed by atoms with Gasteiger partial charge in [-0.2, -0.15) is 5.70 Å². The normalized spacial score (nSPS) is 25.0. The van der Waals surface area contributed by atoms with E-state index in [4.69, 9.17) is 86.6 Å². The summed E-state index contributed by atoms with van der Waals surface area (Å²) in [5.41, 5.74) is -0.593. The van der Waals surface area contributed by atoms with Crippen LogP contribution in [0, 0.1) is 63.1 Å². The van der Waals surface area contributed by atoms with Crippen molar-refractivity contribution in [2.24, 2.45) is 54.4 Å². The number of ether oxygens (including phenoxy) is 9. The molecule has 6 aliphatic rings. The van der Waals surface area contributed by atoms with Gasteiger partial charge < -0.3 is 91.8 Å². The van der Waals surface area contributed by atoms with E-state index in [1.165, 1.54) is 42.7 Å². The van der Waals surface area contributed by atoms with Crippen LogP contribution in [0.25, 0.3) is 5.32 Å². The van der Waals surface area contributed by atoms with Crippen LogP contribution in [0.4, 0.5) is 11.4 Å². The fourth-order valence-electron chi connectivity index (χ4n) is 18.3. The van der Waals surface area contributed by atoms with Gasteiger partial charge in [-0.15, -0.1) is 5.10 Å². The van der Waals surface area contributed by atoms with Gasteiger partial charge in [0.05, 0.1) is 110 Å². The number of allylic oxidation sites excluding steroid dienone is 4. The number of esters is 7. The molecule has 30 nitrogen and oxygen atoms in total. The zero-order valence-corrected chi connectivity index (χ0v) is 72.6. The van der Waals surface area contributed by atoms with Gasteiger partial charge in [0, 0.05) is 145 Å². The molecule has 7 heterocycles. The summed E-state index contributed by atoms with van der Waals surface area (Å²) in [6.07, 6.45) is 1.69. The number of aliphatic hydroxyl groups is 1. The minimum Gasteiger partial charge on any atom is -0.682 e. The molecule has 1 fully saturated rings. The maximum Gasteiger partial charge on any atom is 3.00 e. The van der Waals surface area contributed by atoms with E-state index in [0.717, 1.165) is 65.7 Å². The number of hydrogen-bond acceptors (Lipinski definition) is 27. The van der Waals surface area contributed by atoms with E-state index in [1.54, 1.807) is 36.9 Å². The molecular formula is C88H113CoN12O18. The molecule has 10 rings (SSSR count). The van der Waals surface area contributed by atoms with E-state index in [2.05, 4.69) is 89.5 Å². The number of methoxy groups -OCH3 is 6. The number of amides is 1. The number of carbonyl (C=O) groups is 8. The van der Waals surface area contributed by atoms with E-state index in [9.17, 15) is 38.7 Å². The van der Waals surface area contributed by atoms with Crippen LogP contribution >= 0.6 is 0 Å². The molecule has 0 saturated carbocycles. The summed E-state index contributed by atoms with van der Waals surface area (Å²) in [5.74, 6) is -5.64. The number of benzene rings is 3. The molecule has 0 spiro atoms. The fourth-order valence-corrected chi connectivity index (χ4v) is 18.3. The summed E-state index contributed by atoms with van der Waals surface area (Å²) in [5, 5.41) is 44.1. The Bertz CT molecular complexity index is 4580. The number of nitrogens with one attached hydrogen (secondary N) is 1. The van der Waals surface area contributed by atoms with E-state index < -0.39 is 111 Å². The zero-order valence-electron chi connectivity index (χ0n) is 71.6. The van der Waals surface area contributed by atoms with Crippen molar-refractivity contribution in [3.63, 3.8) is 0 Å². The molecular weight excluding hydrogens is 1570 g/mol. The molecule has 9 atom stereocenters. The molecule has 1 saturated heterocycles. The first-order valence-electron chi connectivity index (χ1n) is 39.9. The Morgan fingerprint density at radius 3 is 1.75 bits per heavy atom. The van der Waals surface area contributed by atoms with Crippen molar-refractivity contribution in [2.45, 2.75) is 190 Å². The number of hydrogen-bond donors (Lipinski definition) is 2. The zero-order chi connectivity index (χ0) is 87.0. The van der Waals surface area contributed by atoms with Crippen molar-refractivity contribution in [3.8, 4) is 11.5 Å². The van der Waals surface area contributed by atoms with Crippen LogP contribution in [0.5, 0.6) is 11.5 Å². The van der Waals surface area contributed by atoms with Gasteiger partial charge in [-0.3, -0.25) is 48.5 Å². The Morgan fingerprint density at radius 1 is 0.639 bits per heavy atom. The third-order valence-electron chi connectivity index (χ3n) is 25.3. The number of nitrogens with zero attached hydrogens (tertiary/aromatic N) is 11. The molecule has 4 aromatic rings. The van der Waals surface area contributed by atoms with Crippen LogP contribution in [0.1, 0.15) is 192 Å². The second-order valence-corrected chi connectivity index (χ2v) is 31.7. The maximum absolute atomic E-state index is 15.2. The van der Waals surface area contributed by atoms with Gasteiger partial charge >= 0.3 is 58.6 Å². The maximum atomic E-state index is 15.2. The third-order valence-corrected chi connectivity index (χ3v) is 25.3. The summed E-state index contributed by atoms with van der Waals surface area (Å²) < 4.78 is 52.1. The SMILES string of the molecule is CCN(CC)c1ccc2c(c1)Oc1cc(N(CC)CC)ccc1C2c1ccccc1C(=O)OCCOCCn1cc(CNC(=O)C[C@]2(C)C3=C(/C)C4=N[C@@](C)(C5[N-]/C(=C(/C)C6=N\C(=C/C(=N/3)[C@@]2(O)CCC(=O)OC)C(C)(C)[C@@H]6CCC(=O)OC)[C@](C)(CCC(=O)OC)[C@H]5CC(=O)OC)[C@@](C)(CC(=O)OC)[C@@H]4CCC(=O)OC)nn1.[C-]#N.[C-]#N.[Co+3]. The second kappa shape index (κ2) is 40.9. The summed E-state index contributed by atoms with van der Waals surface area (Å²) in [6.45, 7) is 36.5. The molecule has 6 aliphatic heterocycles. The van der Waals surface area contributed by atoms with Gasteiger partial charge in [0.25, 0.3) is 0 Å². The van der Waals surface area contributed by atoms with Crippen molar-refractivity contribution >= 4 is 76.2 Å². The van der Waals surface area contributed by atoms with Gasteiger partial charge in [0.15, 0.2) is 0 Å². The van der Waals surface area contributed by atoms with Crippen LogP contribution < -0.4 is 19.9 Å². The summed E-state index contributed by atoms with van der Waals surface area (Å²) in [4.78, 5) is 133. The molecule has 1 amide bonds. The molecule has 8 bridgehead atoms. The first-order valence-corrected chi connectivity index (χ1v) is 39.9. The number of carbonyl (C=O) groups excluding carboxylic acids is 8.